The third kappa shape index (κ3) is 8.08. The summed E-state index contributed by atoms with van der Waals surface area (Å²) in [6, 6.07) is 3.65. The summed E-state index contributed by atoms with van der Waals surface area (Å²) in [5, 5.41) is 16.7. The molecule has 1 rings (SSSR count). The number of amides is 3. The first kappa shape index (κ1) is 24.9. The number of carbonyl (C=O) groups is 4. The van der Waals surface area contributed by atoms with E-state index in [0.29, 0.717) is 0 Å². The summed E-state index contributed by atoms with van der Waals surface area (Å²) < 4.78 is 4.64. The molecular formula is C20H30N4O6. The van der Waals surface area contributed by atoms with Crippen LogP contribution >= 0.6 is 0 Å². The second kappa shape index (κ2) is 11.8. The van der Waals surface area contributed by atoms with Crippen LogP contribution in [0.15, 0.2) is 24.3 Å². The van der Waals surface area contributed by atoms with Gasteiger partial charge in [0.05, 0.1) is 19.7 Å². The smallest absolute Gasteiger partial charge is 0.328 e. The van der Waals surface area contributed by atoms with Crippen LogP contribution in [-0.2, 0) is 30.3 Å². The van der Waals surface area contributed by atoms with Crippen molar-refractivity contribution in [1.29, 1.82) is 0 Å². The third-order valence-corrected chi connectivity index (χ3v) is 4.34. The van der Waals surface area contributed by atoms with Crippen molar-refractivity contribution >= 4 is 23.7 Å². The monoisotopic (exact) mass is 422 g/mol. The second-order valence-electron chi connectivity index (χ2n) is 7.24. The van der Waals surface area contributed by atoms with Gasteiger partial charge in [-0.05, 0) is 37.0 Å². The average Bonchev–Trinajstić information content (AvgIpc) is 2.70. The van der Waals surface area contributed by atoms with Crippen molar-refractivity contribution in [3.63, 3.8) is 0 Å². The molecule has 0 saturated heterocycles. The zero-order valence-electron chi connectivity index (χ0n) is 17.6. The van der Waals surface area contributed by atoms with E-state index in [2.05, 4.69) is 20.7 Å². The highest BCUT2D eigenvalue weighted by Gasteiger charge is 2.25. The molecule has 3 amide bonds. The molecule has 0 fully saturated rings. The van der Waals surface area contributed by atoms with Crippen molar-refractivity contribution in [2.75, 3.05) is 13.7 Å². The van der Waals surface area contributed by atoms with Gasteiger partial charge in [0.1, 0.15) is 17.8 Å². The number of phenolic OH excluding ortho intramolecular Hbond substituents is 1. The standard InChI is InChI=1S/C20H30N4O6/c1-11(2)17(20(29)30-4)24-16(26)10-22-18(27)12(3)23-19(28)15(21)9-13-5-7-14(25)8-6-13/h5-8,11-12,15,17,25H,9-10,21H2,1-4H3,(H,22,27)(H,23,28)(H,24,26)/t12-,15+,17+/m0/s1. The molecule has 166 valence electrons. The summed E-state index contributed by atoms with van der Waals surface area (Å²) in [4.78, 5) is 48.0. The fourth-order valence-corrected chi connectivity index (χ4v) is 2.53. The Hall–Kier alpha value is -3.14. The summed E-state index contributed by atoms with van der Waals surface area (Å²) in [6.45, 7) is 4.60. The molecule has 1 aromatic rings. The minimum Gasteiger partial charge on any atom is -0.508 e. The first-order chi connectivity index (χ1) is 14.0. The molecular weight excluding hydrogens is 392 g/mol. The van der Waals surface area contributed by atoms with Gasteiger partial charge in [-0.15, -0.1) is 0 Å². The van der Waals surface area contributed by atoms with Gasteiger partial charge in [-0.2, -0.15) is 0 Å². The van der Waals surface area contributed by atoms with E-state index >= 15 is 0 Å². The highest BCUT2D eigenvalue weighted by atomic mass is 16.5. The molecule has 0 unspecified atom stereocenters. The average molecular weight is 422 g/mol. The Bertz CT molecular complexity index is 750. The molecule has 0 aliphatic heterocycles. The second-order valence-corrected chi connectivity index (χ2v) is 7.24. The maximum atomic E-state index is 12.2. The van der Waals surface area contributed by atoms with Crippen molar-refractivity contribution < 1.29 is 29.0 Å². The maximum absolute atomic E-state index is 12.2. The molecule has 0 spiro atoms. The van der Waals surface area contributed by atoms with Gasteiger partial charge in [-0.3, -0.25) is 14.4 Å². The number of carbonyl (C=O) groups excluding carboxylic acids is 4. The van der Waals surface area contributed by atoms with Crippen LogP contribution in [0.2, 0.25) is 0 Å². The Kier molecular flexibility index (Phi) is 9.76. The molecule has 10 heteroatoms. The van der Waals surface area contributed by atoms with E-state index in [4.69, 9.17) is 5.73 Å². The van der Waals surface area contributed by atoms with E-state index < -0.39 is 41.8 Å². The fraction of sp³-hybridized carbons (Fsp3) is 0.500. The van der Waals surface area contributed by atoms with Gasteiger partial charge in [-0.25, -0.2) is 4.79 Å². The van der Waals surface area contributed by atoms with Gasteiger partial charge >= 0.3 is 5.97 Å². The van der Waals surface area contributed by atoms with Gasteiger partial charge < -0.3 is 31.5 Å². The highest BCUT2D eigenvalue weighted by molar-refractivity contribution is 5.92. The number of esters is 1. The molecule has 0 bridgehead atoms. The molecule has 6 N–H and O–H groups in total. The number of hydrogen-bond acceptors (Lipinski definition) is 7. The van der Waals surface area contributed by atoms with Crippen molar-refractivity contribution in [1.82, 2.24) is 16.0 Å². The van der Waals surface area contributed by atoms with E-state index in [1.165, 1.54) is 26.2 Å². The van der Waals surface area contributed by atoms with Crippen LogP contribution in [0.5, 0.6) is 5.75 Å². The summed E-state index contributed by atoms with van der Waals surface area (Å²) in [5.41, 5.74) is 6.63. The van der Waals surface area contributed by atoms with Crippen molar-refractivity contribution in [3.8, 4) is 5.75 Å². The van der Waals surface area contributed by atoms with E-state index in [9.17, 15) is 24.3 Å². The Morgan fingerprint density at radius 2 is 1.63 bits per heavy atom. The molecule has 0 aliphatic carbocycles. The van der Waals surface area contributed by atoms with E-state index in [-0.39, 0.29) is 24.6 Å². The number of methoxy groups -OCH3 is 1. The van der Waals surface area contributed by atoms with Crippen LogP contribution in [0.1, 0.15) is 26.3 Å². The van der Waals surface area contributed by atoms with E-state index in [0.717, 1.165) is 5.56 Å². The van der Waals surface area contributed by atoms with Crippen LogP contribution in [0.4, 0.5) is 0 Å². The number of nitrogens with two attached hydrogens (primary N) is 1. The van der Waals surface area contributed by atoms with E-state index in [1.807, 2.05) is 0 Å². The van der Waals surface area contributed by atoms with Gasteiger partial charge in [0.15, 0.2) is 0 Å². The molecule has 30 heavy (non-hydrogen) atoms. The minimum atomic E-state index is -0.919. The van der Waals surface area contributed by atoms with Gasteiger partial charge in [-0.1, -0.05) is 26.0 Å². The number of hydrogen-bond donors (Lipinski definition) is 5. The van der Waals surface area contributed by atoms with Crippen molar-refractivity contribution in [2.24, 2.45) is 11.7 Å². The Balaban J connectivity index is 2.47. The molecule has 0 heterocycles. The van der Waals surface area contributed by atoms with Gasteiger partial charge in [0.25, 0.3) is 0 Å². The number of ether oxygens (including phenoxy) is 1. The zero-order chi connectivity index (χ0) is 22.8. The lowest BCUT2D eigenvalue weighted by Crippen LogP contribution is -2.53. The summed E-state index contributed by atoms with van der Waals surface area (Å²) in [6.07, 6.45) is 0.229. The summed E-state index contributed by atoms with van der Waals surface area (Å²) >= 11 is 0. The Labute approximate surface area is 175 Å². The molecule has 0 radical (unpaired) electrons. The summed E-state index contributed by atoms with van der Waals surface area (Å²) in [5.74, 6) is -2.32. The first-order valence-corrected chi connectivity index (χ1v) is 9.53. The molecule has 0 aromatic heterocycles. The number of aromatic hydroxyl groups is 1. The molecule has 0 aliphatic rings. The lowest BCUT2D eigenvalue weighted by Gasteiger charge is -2.20. The van der Waals surface area contributed by atoms with Gasteiger partial charge in [0, 0.05) is 0 Å². The van der Waals surface area contributed by atoms with Crippen LogP contribution in [0.3, 0.4) is 0 Å². The normalized spacial score (nSPS) is 13.7. The van der Waals surface area contributed by atoms with Crippen molar-refractivity contribution in [2.45, 2.75) is 45.3 Å². The zero-order valence-corrected chi connectivity index (χ0v) is 17.6. The SMILES string of the molecule is COC(=O)[C@H](NC(=O)CNC(=O)[C@H](C)NC(=O)[C@H](N)Cc1ccc(O)cc1)C(C)C. The largest absolute Gasteiger partial charge is 0.508 e. The predicted octanol–water partition coefficient (Wildman–Crippen LogP) is -0.803. The topological polar surface area (TPSA) is 160 Å². The lowest BCUT2D eigenvalue weighted by atomic mass is 10.0. The number of nitrogens with one attached hydrogen (secondary N) is 3. The molecule has 10 nitrogen and oxygen atoms in total. The van der Waals surface area contributed by atoms with Crippen LogP contribution in [0.25, 0.3) is 0 Å². The number of rotatable bonds is 10. The van der Waals surface area contributed by atoms with Crippen LogP contribution in [-0.4, -0.2) is 60.6 Å². The minimum absolute atomic E-state index is 0.109. The molecule has 3 atom stereocenters. The van der Waals surface area contributed by atoms with Crippen LogP contribution in [0, 0.1) is 5.92 Å². The summed E-state index contributed by atoms with van der Waals surface area (Å²) in [7, 11) is 1.22. The maximum Gasteiger partial charge on any atom is 0.328 e. The predicted molar refractivity (Wildman–Crippen MR) is 109 cm³/mol. The molecule has 1 aromatic carbocycles. The third-order valence-electron chi connectivity index (χ3n) is 4.34. The number of phenols is 1. The Morgan fingerprint density at radius 1 is 1.03 bits per heavy atom. The Morgan fingerprint density at radius 3 is 2.17 bits per heavy atom. The quantitative estimate of drug-likeness (QED) is 0.308. The highest BCUT2D eigenvalue weighted by Crippen LogP contribution is 2.11. The lowest BCUT2D eigenvalue weighted by molar-refractivity contribution is -0.146. The van der Waals surface area contributed by atoms with Crippen LogP contribution < -0.4 is 21.7 Å². The van der Waals surface area contributed by atoms with Crippen molar-refractivity contribution in [3.05, 3.63) is 29.8 Å². The molecule has 0 saturated carbocycles. The van der Waals surface area contributed by atoms with E-state index in [1.54, 1.807) is 26.0 Å². The first-order valence-electron chi connectivity index (χ1n) is 9.53. The van der Waals surface area contributed by atoms with Gasteiger partial charge in [0.2, 0.25) is 17.7 Å². The number of benzene rings is 1. The fourth-order valence-electron chi connectivity index (χ4n) is 2.53.